The summed E-state index contributed by atoms with van der Waals surface area (Å²) in [5.74, 6) is 0.690. The Kier molecular flexibility index (Phi) is 7.62. The first-order chi connectivity index (χ1) is 14.2. The molecule has 0 radical (unpaired) electrons. The Hall–Kier alpha value is -3.36. The molecule has 4 rings (SSSR count). The van der Waals surface area contributed by atoms with Crippen LogP contribution in [0.4, 0.5) is 5.69 Å². The molecular weight excluding hydrogens is 360 g/mol. The Morgan fingerprint density at radius 1 is 1.07 bits per heavy atom. The number of fused-ring (bicyclic) bond motifs is 1. The Balaban J connectivity index is 0.000000343. The molecule has 3 aromatic rings. The van der Waals surface area contributed by atoms with Crippen molar-refractivity contribution in [3.8, 4) is 11.9 Å². The van der Waals surface area contributed by atoms with Gasteiger partial charge in [0.25, 0.3) is 0 Å². The van der Waals surface area contributed by atoms with Crippen molar-refractivity contribution >= 4 is 5.69 Å². The van der Waals surface area contributed by atoms with Crippen LogP contribution in [0.1, 0.15) is 16.8 Å². The number of ether oxygens (including phenoxy) is 1. The van der Waals surface area contributed by atoms with Crippen molar-refractivity contribution in [2.45, 2.75) is 19.4 Å². The van der Waals surface area contributed by atoms with Crippen molar-refractivity contribution in [1.29, 1.82) is 5.26 Å². The van der Waals surface area contributed by atoms with E-state index in [-0.39, 0.29) is 6.10 Å². The van der Waals surface area contributed by atoms with Gasteiger partial charge in [-0.15, -0.1) is 0 Å². The second kappa shape index (κ2) is 10.8. The molecule has 5 heteroatoms. The molecule has 2 heterocycles. The highest BCUT2D eigenvalue weighted by molar-refractivity contribution is 5.54. The molecule has 0 fully saturated rings. The third-order valence-corrected chi connectivity index (χ3v) is 4.51. The number of pyridine rings is 1. The van der Waals surface area contributed by atoms with E-state index in [4.69, 9.17) is 10.00 Å². The molecule has 0 bridgehead atoms. The van der Waals surface area contributed by atoms with Gasteiger partial charge in [0.2, 0.25) is 5.88 Å². The average molecular weight is 386 g/mol. The Labute approximate surface area is 172 Å². The van der Waals surface area contributed by atoms with Gasteiger partial charge in [0, 0.05) is 12.2 Å². The molecule has 0 spiro atoms. The summed E-state index contributed by atoms with van der Waals surface area (Å²) in [6, 6.07) is 25.8. The molecule has 1 aromatic heterocycles. The minimum absolute atomic E-state index is 0.0813. The SMILES string of the molecule is Cc1ccc2c(n1)OC(CNCCc1ccc(C#N)cc1)CN2.c1ccccc1. The fourth-order valence-electron chi connectivity index (χ4n) is 2.92. The fraction of sp³-hybridized carbons (Fsp3) is 0.250. The first kappa shape index (κ1) is 20.4. The Morgan fingerprint density at radius 3 is 2.41 bits per heavy atom. The predicted octanol–water partition coefficient (Wildman–Crippen LogP) is 3.95. The van der Waals surface area contributed by atoms with Crippen molar-refractivity contribution in [1.82, 2.24) is 10.3 Å². The van der Waals surface area contributed by atoms with Crippen molar-refractivity contribution < 1.29 is 4.74 Å². The standard InChI is InChI=1S/C18H20N4O.C6H6/c1-13-2-7-17-18(22-13)23-16(12-21-17)11-20-9-8-14-3-5-15(10-19)6-4-14;1-2-4-6-5-3-1/h2-7,16,20-21H,8-9,11-12H2,1H3;1-6H. The van der Waals surface area contributed by atoms with E-state index in [9.17, 15) is 0 Å². The van der Waals surface area contributed by atoms with Crippen LogP contribution in [0.25, 0.3) is 0 Å². The van der Waals surface area contributed by atoms with Crippen molar-refractivity contribution in [2.24, 2.45) is 0 Å². The molecule has 1 atom stereocenters. The smallest absolute Gasteiger partial charge is 0.237 e. The Bertz CT molecular complexity index is 893. The van der Waals surface area contributed by atoms with Crippen LogP contribution in [-0.4, -0.2) is 30.7 Å². The number of nitrogens with zero attached hydrogens (tertiary/aromatic N) is 2. The number of aryl methyl sites for hydroxylation is 1. The van der Waals surface area contributed by atoms with Gasteiger partial charge >= 0.3 is 0 Å². The van der Waals surface area contributed by atoms with Gasteiger partial charge < -0.3 is 15.4 Å². The molecule has 2 aromatic carbocycles. The molecule has 0 saturated heterocycles. The van der Waals surface area contributed by atoms with Crippen molar-refractivity contribution in [2.75, 3.05) is 25.0 Å². The molecule has 29 heavy (non-hydrogen) atoms. The molecular formula is C24H26N4O. The minimum atomic E-state index is 0.0813. The lowest BCUT2D eigenvalue weighted by Crippen LogP contribution is -2.40. The van der Waals surface area contributed by atoms with Crippen LogP contribution < -0.4 is 15.4 Å². The number of hydrogen-bond donors (Lipinski definition) is 2. The summed E-state index contributed by atoms with van der Waals surface area (Å²) < 4.78 is 5.92. The highest BCUT2D eigenvalue weighted by Gasteiger charge is 2.19. The predicted molar refractivity (Wildman–Crippen MR) is 116 cm³/mol. The lowest BCUT2D eigenvalue weighted by molar-refractivity contribution is 0.194. The molecule has 1 aliphatic heterocycles. The maximum absolute atomic E-state index is 8.79. The van der Waals surface area contributed by atoms with E-state index in [2.05, 4.69) is 21.7 Å². The van der Waals surface area contributed by atoms with Crippen LogP contribution in [0, 0.1) is 18.3 Å². The third kappa shape index (κ3) is 6.63. The maximum atomic E-state index is 8.79. The molecule has 0 amide bonds. The average Bonchev–Trinajstić information content (AvgIpc) is 2.78. The van der Waals surface area contributed by atoms with E-state index in [1.807, 2.05) is 79.7 Å². The molecule has 148 valence electrons. The number of hydrogen-bond acceptors (Lipinski definition) is 5. The topological polar surface area (TPSA) is 70.0 Å². The second-order valence-corrected chi connectivity index (χ2v) is 6.84. The molecule has 0 aliphatic carbocycles. The van der Waals surface area contributed by atoms with Crippen LogP contribution in [0.2, 0.25) is 0 Å². The van der Waals surface area contributed by atoms with E-state index in [0.29, 0.717) is 11.4 Å². The summed E-state index contributed by atoms with van der Waals surface area (Å²) in [6.45, 7) is 4.39. The van der Waals surface area contributed by atoms with Crippen LogP contribution in [0.5, 0.6) is 5.88 Å². The summed E-state index contributed by atoms with van der Waals surface area (Å²) >= 11 is 0. The van der Waals surface area contributed by atoms with Gasteiger partial charge in [-0.2, -0.15) is 5.26 Å². The van der Waals surface area contributed by atoms with E-state index in [0.717, 1.165) is 37.4 Å². The van der Waals surface area contributed by atoms with Gasteiger partial charge in [-0.05, 0) is 49.7 Å². The first-order valence-corrected chi connectivity index (χ1v) is 9.82. The molecule has 2 N–H and O–H groups in total. The highest BCUT2D eigenvalue weighted by Crippen LogP contribution is 2.26. The summed E-state index contributed by atoms with van der Waals surface area (Å²) in [4.78, 5) is 4.42. The highest BCUT2D eigenvalue weighted by atomic mass is 16.5. The maximum Gasteiger partial charge on any atom is 0.237 e. The lowest BCUT2D eigenvalue weighted by Gasteiger charge is -2.26. The zero-order chi connectivity index (χ0) is 20.3. The van der Waals surface area contributed by atoms with Crippen LogP contribution in [0.15, 0.2) is 72.8 Å². The number of nitrogens with one attached hydrogen (secondary N) is 2. The molecule has 1 unspecified atom stereocenters. The van der Waals surface area contributed by atoms with E-state index < -0.39 is 0 Å². The van der Waals surface area contributed by atoms with Crippen molar-refractivity contribution in [3.05, 3.63) is 89.6 Å². The largest absolute Gasteiger partial charge is 0.470 e. The quantitative estimate of drug-likeness (QED) is 0.650. The van der Waals surface area contributed by atoms with Crippen molar-refractivity contribution in [3.63, 3.8) is 0 Å². The molecule has 0 saturated carbocycles. The Morgan fingerprint density at radius 2 is 1.76 bits per heavy atom. The van der Waals surface area contributed by atoms with Gasteiger partial charge in [-0.1, -0.05) is 48.5 Å². The van der Waals surface area contributed by atoms with Crippen LogP contribution in [0.3, 0.4) is 0 Å². The lowest BCUT2D eigenvalue weighted by atomic mass is 10.1. The normalized spacial score (nSPS) is 14.3. The number of nitriles is 1. The minimum Gasteiger partial charge on any atom is -0.470 e. The number of aromatic nitrogens is 1. The summed E-state index contributed by atoms with van der Waals surface area (Å²) in [5, 5.41) is 15.6. The number of benzene rings is 2. The zero-order valence-corrected chi connectivity index (χ0v) is 16.6. The summed E-state index contributed by atoms with van der Waals surface area (Å²) in [7, 11) is 0. The summed E-state index contributed by atoms with van der Waals surface area (Å²) in [5.41, 5.74) is 3.84. The van der Waals surface area contributed by atoms with Gasteiger partial charge in [0.1, 0.15) is 6.10 Å². The fourth-order valence-corrected chi connectivity index (χ4v) is 2.92. The second-order valence-electron chi connectivity index (χ2n) is 6.84. The number of anilines is 1. The zero-order valence-electron chi connectivity index (χ0n) is 16.6. The monoisotopic (exact) mass is 386 g/mol. The van der Waals surface area contributed by atoms with Gasteiger partial charge in [-0.3, -0.25) is 0 Å². The van der Waals surface area contributed by atoms with E-state index in [1.54, 1.807) is 0 Å². The van der Waals surface area contributed by atoms with Gasteiger partial charge in [0.15, 0.2) is 0 Å². The van der Waals surface area contributed by atoms with E-state index >= 15 is 0 Å². The summed E-state index contributed by atoms with van der Waals surface area (Å²) in [6.07, 6.45) is 1.01. The first-order valence-electron chi connectivity index (χ1n) is 9.82. The van der Waals surface area contributed by atoms with Gasteiger partial charge in [-0.25, -0.2) is 4.98 Å². The van der Waals surface area contributed by atoms with E-state index in [1.165, 1.54) is 5.56 Å². The van der Waals surface area contributed by atoms with Gasteiger partial charge in [0.05, 0.1) is 23.9 Å². The number of rotatable bonds is 5. The van der Waals surface area contributed by atoms with Crippen LogP contribution in [-0.2, 0) is 6.42 Å². The molecule has 5 nitrogen and oxygen atoms in total. The van der Waals surface area contributed by atoms with Crippen LogP contribution >= 0.6 is 0 Å². The third-order valence-electron chi connectivity index (χ3n) is 4.51. The molecule has 1 aliphatic rings.